The van der Waals surface area contributed by atoms with Crippen LogP contribution in [0.5, 0.6) is 34.5 Å². The third-order valence-electron chi connectivity index (χ3n) is 5.84. The number of rotatable bonds is 12. The zero-order valence-corrected chi connectivity index (χ0v) is 21.3. The molecule has 0 saturated carbocycles. The molecule has 36 heavy (non-hydrogen) atoms. The van der Waals surface area contributed by atoms with Crippen LogP contribution < -0.4 is 28.4 Å². The summed E-state index contributed by atoms with van der Waals surface area (Å²) >= 11 is 0. The Balaban J connectivity index is 1.97. The molecule has 0 radical (unpaired) electrons. The number of ketones is 2. The van der Waals surface area contributed by atoms with Crippen molar-refractivity contribution in [3.8, 4) is 34.5 Å². The topological polar surface area (TPSA) is 89.5 Å². The molecule has 0 atom stereocenters. The Morgan fingerprint density at radius 3 is 1.61 bits per heavy atom. The second-order valence-electron chi connectivity index (χ2n) is 7.78. The van der Waals surface area contributed by atoms with Crippen LogP contribution in [0.15, 0.2) is 48.5 Å². The van der Waals surface area contributed by atoms with E-state index in [1.54, 1.807) is 32.4 Å². The molecule has 0 bridgehead atoms. The first-order valence-corrected chi connectivity index (χ1v) is 11.2. The molecule has 0 aromatic heterocycles. The number of Topliss-reactive ketones (excluding diaryl/α,β-unsaturated/α-hetero) is 2. The second kappa shape index (κ2) is 12.0. The molecule has 0 unspecified atom stereocenters. The number of benzene rings is 3. The van der Waals surface area contributed by atoms with Crippen LogP contribution in [0.2, 0.25) is 0 Å². The summed E-state index contributed by atoms with van der Waals surface area (Å²) in [5.74, 6) is 1.55. The van der Waals surface area contributed by atoms with Crippen LogP contribution in [0, 0.1) is 0 Å². The van der Waals surface area contributed by atoms with Gasteiger partial charge in [0, 0.05) is 11.1 Å². The predicted molar refractivity (Wildman–Crippen MR) is 135 cm³/mol. The Labute approximate surface area is 210 Å². The van der Waals surface area contributed by atoms with Crippen molar-refractivity contribution in [1.29, 1.82) is 0 Å². The summed E-state index contributed by atoms with van der Waals surface area (Å²) in [4.78, 5) is 26.6. The fraction of sp³-hybridized carbons (Fsp3) is 0.286. The summed E-state index contributed by atoms with van der Waals surface area (Å²) in [5.41, 5.74) is 2.07. The standard InChI is InChI=1S/C28H30O8/c1-31-21-11-8-17(13-23(21)33-3)7-9-18-14-25(35-5)26(36-6)16-20(18)28(30)27(29)19-10-12-22(32-2)24(15-19)34-4/h8,10-16H,7,9H2,1-6H3. The lowest BCUT2D eigenvalue weighted by Crippen LogP contribution is -2.17. The van der Waals surface area contributed by atoms with Crippen molar-refractivity contribution in [2.24, 2.45) is 0 Å². The van der Waals surface area contributed by atoms with Gasteiger partial charge in [-0.2, -0.15) is 0 Å². The molecule has 0 aliphatic carbocycles. The largest absolute Gasteiger partial charge is 0.493 e. The molecule has 0 aliphatic heterocycles. The minimum absolute atomic E-state index is 0.193. The molecule has 0 fully saturated rings. The lowest BCUT2D eigenvalue weighted by atomic mass is 9.93. The van der Waals surface area contributed by atoms with E-state index in [-0.39, 0.29) is 11.1 Å². The van der Waals surface area contributed by atoms with Gasteiger partial charge in [0.2, 0.25) is 11.6 Å². The van der Waals surface area contributed by atoms with E-state index in [2.05, 4.69) is 0 Å². The van der Waals surface area contributed by atoms with Gasteiger partial charge >= 0.3 is 0 Å². The van der Waals surface area contributed by atoms with Gasteiger partial charge < -0.3 is 28.4 Å². The average molecular weight is 495 g/mol. The van der Waals surface area contributed by atoms with Crippen molar-refractivity contribution in [2.75, 3.05) is 42.7 Å². The van der Waals surface area contributed by atoms with E-state index in [1.165, 1.54) is 40.6 Å². The van der Waals surface area contributed by atoms with Crippen LogP contribution in [0.1, 0.15) is 31.8 Å². The second-order valence-corrected chi connectivity index (χ2v) is 7.78. The molecule has 8 heteroatoms. The summed E-state index contributed by atoms with van der Waals surface area (Å²) in [6.07, 6.45) is 1.05. The Kier molecular flexibility index (Phi) is 8.78. The number of ether oxygens (including phenoxy) is 6. The average Bonchev–Trinajstić information content (AvgIpc) is 2.93. The maximum absolute atomic E-state index is 13.4. The van der Waals surface area contributed by atoms with Crippen LogP contribution in [0.25, 0.3) is 0 Å². The van der Waals surface area contributed by atoms with Crippen molar-refractivity contribution in [2.45, 2.75) is 12.8 Å². The molecule has 0 N–H and O–H groups in total. The number of carbonyl (C=O) groups excluding carboxylic acids is 2. The first kappa shape index (κ1) is 26.4. The predicted octanol–water partition coefficient (Wildman–Crippen LogP) is 4.59. The lowest BCUT2D eigenvalue weighted by molar-refractivity contribution is 0.0816. The highest BCUT2D eigenvalue weighted by Crippen LogP contribution is 2.34. The van der Waals surface area contributed by atoms with Crippen molar-refractivity contribution in [1.82, 2.24) is 0 Å². The number of methoxy groups -OCH3 is 6. The fourth-order valence-electron chi connectivity index (χ4n) is 3.89. The molecule has 190 valence electrons. The smallest absolute Gasteiger partial charge is 0.233 e. The van der Waals surface area contributed by atoms with Crippen LogP contribution in [-0.4, -0.2) is 54.2 Å². The molecule has 3 aromatic rings. The van der Waals surface area contributed by atoms with E-state index in [0.717, 1.165) is 5.56 Å². The van der Waals surface area contributed by atoms with Crippen molar-refractivity contribution in [3.63, 3.8) is 0 Å². The zero-order chi connectivity index (χ0) is 26.2. The van der Waals surface area contributed by atoms with Crippen molar-refractivity contribution in [3.05, 3.63) is 70.8 Å². The van der Waals surface area contributed by atoms with Crippen LogP contribution >= 0.6 is 0 Å². The summed E-state index contributed by atoms with van der Waals surface area (Å²) in [5, 5.41) is 0. The van der Waals surface area contributed by atoms with Gasteiger partial charge in [-0.25, -0.2) is 0 Å². The summed E-state index contributed by atoms with van der Waals surface area (Å²) in [6, 6.07) is 13.5. The van der Waals surface area contributed by atoms with Crippen LogP contribution in [0.3, 0.4) is 0 Å². The highest BCUT2D eigenvalue weighted by Gasteiger charge is 2.25. The summed E-state index contributed by atoms with van der Waals surface area (Å²) in [6.45, 7) is 0. The molecular formula is C28H30O8. The maximum Gasteiger partial charge on any atom is 0.233 e. The first-order valence-electron chi connectivity index (χ1n) is 11.2. The van der Waals surface area contributed by atoms with E-state index in [1.807, 2.05) is 18.2 Å². The van der Waals surface area contributed by atoms with Crippen molar-refractivity contribution < 1.29 is 38.0 Å². The Morgan fingerprint density at radius 2 is 1.03 bits per heavy atom. The zero-order valence-electron chi connectivity index (χ0n) is 21.3. The molecule has 0 heterocycles. The molecule has 8 nitrogen and oxygen atoms in total. The van der Waals surface area contributed by atoms with Gasteiger partial charge in [-0.15, -0.1) is 0 Å². The highest BCUT2D eigenvalue weighted by molar-refractivity contribution is 6.49. The fourth-order valence-corrected chi connectivity index (χ4v) is 3.89. The Hall–Kier alpha value is -4.20. The SMILES string of the molecule is COc1ccc(CCc2cc(OC)c(OC)cc2C(=O)C(=O)c2ccc(OC)c(OC)c2)cc1OC. The third kappa shape index (κ3) is 5.54. The number of hydrogen-bond donors (Lipinski definition) is 0. The number of aryl methyl sites for hydroxylation is 2. The van der Waals surface area contributed by atoms with Gasteiger partial charge in [0.1, 0.15) is 0 Å². The molecule has 3 rings (SSSR count). The van der Waals surface area contributed by atoms with E-state index >= 15 is 0 Å². The Bertz CT molecular complexity index is 1250. The molecule has 0 saturated heterocycles. The normalized spacial score (nSPS) is 10.4. The summed E-state index contributed by atoms with van der Waals surface area (Å²) in [7, 11) is 9.12. The van der Waals surface area contributed by atoms with Gasteiger partial charge in [0.15, 0.2) is 34.5 Å². The van der Waals surface area contributed by atoms with E-state index in [4.69, 9.17) is 28.4 Å². The number of carbonyl (C=O) groups is 2. The minimum atomic E-state index is -0.671. The molecular weight excluding hydrogens is 464 g/mol. The van der Waals surface area contributed by atoms with Gasteiger partial charge in [0.25, 0.3) is 0 Å². The summed E-state index contributed by atoms with van der Waals surface area (Å²) < 4.78 is 32.0. The van der Waals surface area contributed by atoms with E-state index in [9.17, 15) is 9.59 Å². The van der Waals surface area contributed by atoms with Gasteiger partial charge in [-0.3, -0.25) is 9.59 Å². The molecule has 0 spiro atoms. The Morgan fingerprint density at radius 1 is 0.528 bits per heavy atom. The molecule has 3 aromatic carbocycles. The number of hydrogen-bond acceptors (Lipinski definition) is 8. The quantitative estimate of drug-likeness (QED) is 0.267. The van der Waals surface area contributed by atoms with Gasteiger partial charge in [-0.1, -0.05) is 6.07 Å². The lowest BCUT2D eigenvalue weighted by Gasteiger charge is -2.15. The van der Waals surface area contributed by atoms with Crippen LogP contribution in [0.4, 0.5) is 0 Å². The van der Waals surface area contributed by atoms with Crippen molar-refractivity contribution >= 4 is 11.6 Å². The third-order valence-corrected chi connectivity index (χ3v) is 5.84. The highest BCUT2D eigenvalue weighted by atomic mass is 16.5. The van der Waals surface area contributed by atoms with Gasteiger partial charge in [0.05, 0.1) is 42.7 Å². The van der Waals surface area contributed by atoms with E-state index in [0.29, 0.717) is 52.9 Å². The first-order chi connectivity index (χ1) is 17.4. The van der Waals surface area contributed by atoms with Gasteiger partial charge in [-0.05, 0) is 66.4 Å². The molecule has 0 amide bonds. The minimum Gasteiger partial charge on any atom is -0.493 e. The van der Waals surface area contributed by atoms with Crippen LogP contribution in [-0.2, 0) is 12.8 Å². The van der Waals surface area contributed by atoms with E-state index < -0.39 is 11.6 Å². The monoisotopic (exact) mass is 494 g/mol. The maximum atomic E-state index is 13.4. The molecule has 0 aliphatic rings.